The summed E-state index contributed by atoms with van der Waals surface area (Å²) in [5, 5.41) is 21.8. The van der Waals surface area contributed by atoms with Crippen LogP contribution in [0.2, 0.25) is 0 Å². The van der Waals surface area contributed by atoms with Crippen LogP contribution in [0.25, 0.3) is 6.08 Å². The van der Waals surface area contributed by atoms with Gasteiger partial charge in [-0.2, -0.15) is 0 Å². The van der Waals surface area contributed by atoms with Crippen LogP contribution < -0.4 is 0 Å². The molecule has 1 aromatic carbocycles. The van der Waals surface area contributed by atoms with Gasteiger partial charge in [-0.15, -0.1) is 0 Å². The minimum absolute atomic E-state index is 0.0702. The minimum atomic E-state index is -1.18. The molecule has 0 bridgehead atoms. The molecule has 2 rings (SSSR count). The van der Waals surface area contributed by atoms with Crippen molar-refractivity contribution in [1.82, 2.24) is 0 Å². The van der Waals surface area contributed by atoms with E-state index in [1.165, 1.54) is 29.9 Å². The molecular formula is C23H26FNO3. The van der Waals surface area contributed by atoms with Crippen molar-refractivity contribution in [2.24, 2.45) is 10.6 Å². The Bertz CT molecular complexity index is 889. The third-order valence-corrected chi connectivity index (χ3v) is 4.69. The monoisotopic (exact) mass is 383 g/mol. The van der Waals surface area contributed by atoms with E-state index in [9.17, 15) is 14.4 Å². The zero-order valence-corrected chi connectivity index (χ0v) is 16.4. The molecule has 28 heavy (non-hydrogen) atoms. The Labute approximate surface area is 165 Å². The van der Waals surface area contributed by atoms with Crippen molar-refractivity contribution in [2.75, 3.05) is 0 Å². The lowest BCUT2D eigenvalue weighted by Gasteiger charge is -2.22. The summed E-state index contributed by atoms with van der Waals surface area (Å²) in [6, 6.07) is 3.69. The van der Waals surface area contributed by atoms with Crippen molar-refractivity contribution in [3.63, 3.8) is 0 Å². The summed E-state index contributed by atoms with van der Waals surface area (Å²) >= 11 is 0. The smallest absolute Gasteiger partial charge is 0.335 e. The second-order valence-electron chi connectivity index (χ2n) is 7.75. The van der Waals surface area contributed by atoms with E-state index in [4.69, 9.17) is 5.11 Å². The fraction of sp³-hybridized carbons (Fsp3) is 0.304. The van der Waals surface area contributed by atoms with E-state index in [0.717, 1.165) is 30.9 Å². The topological polar surface area (TPSA) is 69.9 Å². The molecule has 4 nitrogen and oxygen atoms in total. The van der Waals surface area contributed by atoms with E-state index >= 15 is 0 Å². The second kappa shape index (κ2) is 9.31. The third-order valence-electron chi connectivity index (χ3n) is 4.69. The molecule has 0 aromatic heterocycles. The molecule has 1 aliphatic carbocycles. The molecular weight excluding hydrogens is 357 g/mol. The molecule has 2 N–H and O–H groups in total. The Hall–Kier alpha value is -2.95. The molecule has 0 aliphatic heterocycles. The van der Waals surface area contributed by atoms with Crippen LogP contribution in [0.3, 0.4) is 0 Å². The van der Waals surface area contributed by atoms with Gasteiger partial charge in [-0.05, 0) is 61.5 Å². The lowest BCUT2D eigenvalue weighted by atomic mass is 9.83. The molecule has 0 saturated heterocycles. The number of hydrogen-bond acceptors (Lipinski definition) is 3. The number of carboxylic acid groups (broad SMARTS) is 1. The highest BCUT2D eigenvalue weighted by atomic mass is 19.1. The summed E-state index contributed by atoms with van der Waals surface area (Å²) in [6.45, 7) is 6.46. The number of aromatic carboxylic acids is 1. The number of oxime groups is 1. The number of carboxylic acids is 1. The Morgan fingerprint density at radius 1 is 1.25 bits per heavy atom. The molecule has 0 amide bonds. The first-order valence-electron chi connectivity index (χ1n) is 9.17. The standard InChI is InChI=1S/C23H26FNO3/c1-16-5-4-6-18(12-14-23(2,3)13-11-16)21(25-28)10-9-17-7-8-19(22(26)27)15-20(17)24/h4,6-12,15,28H,5,13-14H2,1-3H3,(H,26,27)/b6-4-,10-9+,16-11-,18-12+,25-21-. The molecule has 1 aliphatic rings. The summed E-state index contributed by atoms with van der Waals surface area (Å²) in [5.74, 6) is -1.83. The molecule has 1 aromatic rings. The quantitative estimate of drug-likeness (QED) is 0.290. The number of benzene rings is 1. The van der Waals surface area contributed by atoms with Crippen LogP contribution in [-0.4, -0.2) is 22.0 Å². The van der Waals surface area contributed by atoms with Crippen LogP contribution in [0.1, 0.15) is 56.0 Å². The van der Waals surface area contributed by atoms with Gasteiger partial charge in [0.05, 0.1) is 5.56 Å². The Kier molecular flexibility index (Phi) is 7.10. The Morgan fingerprint density at radius 2 is 1.96 bits per heavy atom. The molecule has 0 unspecified atom stereocenters. The first kappa shape index (κ1) is 21.4. The van der Waals surface area contributed by atoms with Crippen LogP contribution in [0.15, 0.2) is 64.9 Å². The Balaban J connectivity index is 2.30. The maximum Gasteiger partial charge on any atom is 0.335 e. The highest BCUT2D eigenvalue weighted by Crippen LogP contribution is 2.29. The van der Waals surface area contributed by atoms with Gasteiger partial charge in [0, 0.05) is 5.56 Å². The van der Waals surface area contributed by atoms with Gasteiger partial charge in [-0.25, -0.2) is 9.18 Å². The van der Waals surface area contributed by atoms with Gasteiger partial charge in [0.25, 0.3) is 0 Å². The SMILES string of the molecule is C/C1=C/CC(C)(C)C/C=C(C(/C=C/c2ccc(C(=O)O)cc2F)=N\O)\C=C/C1. The molecule has 0 spiro atoms. The van der Waals surface area contributed by atoms with Crippen molar-refractivity contribution in [3.8, 4) is 0 Å². The second-order valence-corrected chi connectivity index (χ2v) is 7.75. The summed E-state index contributed by atoms with van der Waals surface area (Å²) in [5.41, 5.74) is 2.52. The van der Waals surface area contributed by atoms with E-state index in [-0.39, 0.29) is 16.5 Å². The van der Waals surface area contributed by atoms with Gasteiger partial charge in [-0.3, -0.25) is 0 Å². The van der Waals surface area contributed by atoms with Gasteiger partial charge in [0.2, 0.25) is 0 Å². The van der Waals surface area contributed by atoms with E-state index in [2.05, 4.69) is 32.0 Å². The lowest BCUT2D eigenvalue weighted by molar-refractivity contribution is 0.0696. The maximum atomic E-state index is 14.1. The van der Waals surface area contributed by atoms with Crippen LogP contribution in [0, 0.1) is 11.2 Å². The average Bonchev–Trinajstić information content (AvgIpc) is 2.64. The normalized spacial score (nSPS) is 22.8. The van der Waals surface area contributed by atoms with E-state index < -0.39 is 11.8 Å². The highest BCUT2D eigenvalue weighted by molar-refractivity contribution is 6.12. The van der Waals surface area contributed by atoms with Crippen LogP contribution >= 0.6 is 0 Å². The largest absolute Gasteiger partial charge is 0.478 e. The van der Waals surface area contributed by atoms with Gasteiger partial charge < -0.3 is 10.3 Å². The molecule has 0 radical (unpaired) electrons. The number of hydrogen-bond donors (Lipinski definition) is 2. The molecule has 148 valence electrons. The molecule has 0 saturated carbocycles. The molecule has 0 atom stereocenters. The number of carbonyl (C=O) groups is 1. The van der Waals surface area contributed by atoms with Crippen LogP contribution in [-0.2, 0) is 0 Å². The van der Waals surface area contributed by atoms with Crippen molar-refractivity contribution >= 4 is 17.8 Å². The predicted molar refractivity (Wildman–Crippen MR) is 110 cm³/mol. The Morgan fingerprint density at radius 3 is 2.61 bits per heavy atom. The third kappa shape index (κ3) is 6.05. The van der Waals surface area contributed by atoms with Gasteiger partial charge in [0.1, 0.15) is 11.5 Å². The van der Waals surface area contributed by atoms with Gasteiger partial charge >= 0.3 is 5.97 Å². The van der Waals surface area contributed by atoms with Crippen LogP contribution in [0.5, 0.6) is 0 Å². The van der Waals surface area contributed by atoms with E-state index in [0.29, 0.717) is 5.71 Å². The number of nitrogens with zero attached hydrogens (tertiary/aromatic N) is 1. The summed E-state index contributed by atoms with van der Waals surface area (Å²) in [7, 11) is 0. The van der Waals surface area contributed by atoms with Crippen molar-refractivity contribution in [2.45, 2.75) is 40.0 Å². The van der Waals surface area contributed by atoms with Crippen molar-refractivity contribution in [1.29, 1.82) is 0 Å². The highest BCUT2D eigenvalue weighted by Gasteiger charge is 2.16. The summed E-state index contributed by atoms with van der Waals surface area (Å²) < 4.78 is 14.1. The average molecular weight is 383 g/mol. The van der Waals surface area contributed by atoms with Gasteiger partial charge in [0.15, 0.2) is 0 Å². The van der Waals surface area contributed by atoms with E-state index in [1.807, 2.05) is 18.2 Å². The van der Waals surface area contributed by atoms with Crippen molar-refractivity contribution in [3.05, 3.63) is 76.7 Å². The first-order valence-corrected chi connectivity index (χ1v) is 9.17. The lowest BCUT2D eigenvalue weighted by Crippen LogP contribution is -2.10. The first-order chi connectivity index (χ1) is 13.2. The molecule has 0 fully saturated rings. The summed E-state index contributed by atoms with van der Waals surface area (Å²) in [4.78, 5) is 10.9. The minimum Gasteiger partial charge on any atom is -0.478 e. The molecule has 0 heterocycles. The fourth-order valence-corrected chi connectivity index (χ4v) is 2.78. The molecule has 5 heteroatoms. The maximum absolute atomic E-state index is 14.1. The number of allylic oxidation sites excluding steroid dienone is 7. The van der Waals surface area contributed by atoms with Crippen LogP contribution in [0.4, 0.5) is 4.39 Å². The predicted octanol–water partition coefficient (Wildman–Crippen LogP) is 6.01. The van der Waals surface area contributed by atoms with E-state index in [1.54, 1.807) is 0 Å². The number of rotatable bonds is 4. The zero-order valence-electron chi connectivity index (χ0n) is 16.4. The van der Waals surface area contributed by atoms with Crippen molar-refractivity contribution < 1.29 is 19.5 Å². The zero-order chi connectivity index (χ0) is 20.7. The fourth-order valence-electron chi connectivity index (χ4n) is 2.78. The number of halogens is 1. The van der Waals surface area contributed by atoms with Gasteiger partial charge in [-0.1, -0.05) is 54.9 Å². The summed E-state index contributed by atoms with van der Waals surface area (Å²) in [6.07, 6.45) is 13.8.